The standard InChI is InChI=1S/C31H26BrN3O4/c32-24-17-20(14-15-27(24)39-18-21-9-5-8-19-7-1-2-10-22(19)21)28-26-13-6-16-34(26)31(29(28)35(37)38)23-11-3-4-12-25(23)33-30(31)36/h1-5,7-12,14-15,17,26,28-29H,6,13,16,18H2,(H,33,36)/t26-,28+,29-,31+/m1/s1. The van der Waals surface area contributed by atoms with E-state index in [4.69, 9.17) is 4.74 Å². The highest BCUT2D eigenvalue weighted by molar-refractivity contribution is 9.10. The van der Waals surface area contributed by atoms with Crippen molar-refractivity contribution in [2.45, 2.75) is 43.0 Å². The maximum absolute atomic E-state index is 13.6. The molecule has 8 heteroatoms. The number of nitro groups is 1. The molecule has 39 heavy (non-hydrogen) atoms. The second-order valence-electron chi connectivity index (χ2n) is 10.5. The number of hydrogen-bond acceptors (Lipinski definition) is 5. The van der Waals surface area contributed by atoms with Crippen LogP contribution in [0.1, 0.15) is 35.4 Å². The summed E-state index contributed by atoms with van der Waals surface area (Å²) in [4.78, 5) is 28.3. The molecule has 2 fully saturated rings. The van der Waals surface area contributed by atoms with Crippen molar-refractivity contribution in [1.29, 1.82) is 0 Å². The summed E-state index contributed by atoms with van der Waals surface area (Å²) in [5.74, 6) is -0.0685. The van der Waals surface area contributed by atoms with E-state index < -0.39 is 17.5 Å². The number of carbonyl (C=O) groups is 1. The van der Waals surface area contributed by atoms with Gasteiger partial charge in [-0.25, -0.2) is 0 Å². The van der Waals surface area contributed by atoms with Gasteiger partial charge in [0.05, 0.1) is 10.4 Å². The lowest BCUT2D eigenvalue weighted by molar-refractivity contribution is -0.534. The molecule has 0 radical (unpaired) electrons. The summed E-state index contributed by atoms with van der Waals surface area (Å²) < 4.78 is 6.95. The van der Waals surface area contributed by atoms with E-state index in [2.05, 4.69) is 50.4 Å². The van der Waals surface area contributed by atoms with Crippen LogP contribution in [0.3, 0.4) is 0 Å². The zero-order valence-electron chi connectivity index (χ0n) is 21.0. The summed E-state index contributed by atoms with van der Waals surface area (Å²) in [6, 6.07) is 26.3. The van der Waals surface area contributed by atoms with Crippen LogP contribution in [0.2, 0.25) is 0 Å². The van der Waals surface area contributed by atoms with Gasteiger partial charge < -0.3 is 10.1 Å². The fourth-order valence-corrected chi connectivity index (χ4v) is 7.70. The monoisotopic (exact) mass is 583 g/mol. The Balaban J connectivity index is 1.24. The number of anilines is 1. The number of benzene rings is 4. The van der Waals surface area contributed by atoms with Gasteiger partial charge in [-0.05, 0) is 68.9 Å². The molecule has 1 N–H and O–H groups in total. The lowest BCUT2D eigenvalue weighted by atomic mass is 9.77. The van der Waals surface area contributed by atoms with Crippen LogP contribution in [-0.2, 0) is 16.9 Å². The van der Waals surface area contributed by atoms with Gasteiger partial charge in [-0.15, -0.1) is 0 Å². The van der Waals surface area contributed by atoms with Crippen LogP contribution < -0.4 is 10.1 Å². The molecule has 0 aliphatic carbocycles. The van der Waals surface area contributed by atoms with Crippen molar-refractivity contribution in [2.75, 3.05) is 11.9 Å². The quantitative estimate of drug-likeness (QED) is 0.222. The number of nitrogens with one attached hydrogen (secondary N) is 1. The van der Waals surface area contributed by atoms with Crippen molar-refractivity contribution in [2.24, 2.45) is 0 Å². The van der Waals surface area contributed by atoms with E-state index in [9.17, 15) is 14.9 Å². The molecule has 7 nitrogen and oxygen atoms in total. The largest absolute Gasteiger partial charge is 0.488 e. The Bertz CT molecular complexity index is 1640. The second-order valence-corrected chi connectivity index (χ2v) is 11.4. The normalized spacial score (nSPS) is 25.6. The first-order valence-electron chi connectivity index (χ1n) is 13.2. The Labute approximate surface area is 234 Å². The van der Waals surface area contributed by atoms with Crippen LogP contribution in [0.4, 0.5) is 5.69 Å². The zero-order valence-corrected chi connectivity index (χ0v) is 22.6. The highest BCUT2D eigenvalue weighted by atomic mass is 79.9. The number of rotatable bonds is 5. The van der Waals surface area contributed by atoms with E-state index in [1.165, 1.54) is 0 Å². The molecule has 196 valence electrons. The molecule has 2 saturated heterocycles. The lowest BCUT2D eigenvalue weighted by Crippen LogP contribution is -2.55. The number of halogens is 1. The molecule has 0 aromatic heterocycles. The average Bonchev–Trinajstić information content (AvgIpc) is 3.61. The summed E-state index contributed by atoms with van der Waals surface area (Å²) in [5.41, 5.74) is 1.98. The Hall–Kier alpha value is -3.75. The van der Waals surface area contributed by atoms with Gasteiger partial charge in [0, 0.05) is 28.8 Å². The van der Waals surface area contributed by atoms with Gasteiger partial charge in [0.25, 0.3) is 11.9 Å². The van der Waals surface area contributed by atoms with Gasteiger partial charge in [0.2, 0.25) is 0 Å². The van der Waals surface area contributed by atoms with Crippen molar-refractivity contribution >= 4 is 38.3 Å². The first-order chi connectivity index (χ1) is 19.0. The van der Waals surface area contributed by atoms with Gasteiger partial charge in [-0.3, -0.25) is 19.8 Å². The fourth-order valence-electron chi connectivity index (χ4n) is 7.19. The number of hydrogen-bond donors (Lipinski definition) is 1. The van der Waals surface area contributed by atoms with Crippen LogP contribution >= 0.6 is 15.9 Å². The van der Waals surface area contributed by atoms with Crippen LogP contribution in [0.5, 0.6) is 5.75 Å². The maximum Gasteiger partial charge on any atom is 0.256 e. The minimum Gasteiger partial charge on any atom is -0.488 e. The van der Waals surface area contributed by atoms with Crippen molar-refractivity contribution in [3.63, 3.8) is 0 Å². The Morgan fingerprint density at radius 2 is 1.85 bits per heavy atom. The average molecular weight is 584 g/mol. The Morgan fingerprint density at radius 1 is 1.05 bits per heavy atom. The minimum absolute atomic E-state index is 0.105. The maximum atomic E-state index is 13.6. The van der Waals surface area contributed by atoms with Crippen LogP contribution in [-0.4, -0.2) is 34.4 Å². The molecule has 0 unspecified atom stereocenters. The molecule has 0 saturated carbocycles. The van der Waals surface area contributed by atoms with E-state index in [0.717, 1.165) is 39.2 Å². The lowest BCUT2D eigenvalue weighted by Gasteiger charge is -2.32. The predicted molar refractivity (Wildman–Crippen MR) is 152 cm³/mol. The topological polar surface area (TPSA) is 84.7 Å². The van der Waals surface area contributed by atoms with E-state index in [0.29, 0.717) is 30.2 Å². The first kappa shape index (κ1) is 24.3. The van der Waals surface area contributed by atoms with Gasteiger partial charge in [-0.1, -0.05) is 66.7 Å². The fraction of sp³-hybridized carbons (Fsp3) is 0.258. The van der Waals surface area contributed by atoms with E-state index in [1.807, 2.05) is 60.7 Å². The van der Waals surface area contributed by atoms with Crippen LogP contribution in [0.25, 0.3) is 10.8 Å². The van der Waals surface area contributed by atoms with Crippen molar-refractivity contribution < 1.29 is 14.5 Å². The van der Waals surface area contributed by atoms with Gasteiger partial charge in [0.1, 0.15) is 12.4 Å². The number of fused-ring (bicyclic) bond motifs is 5. The van der Waals surface area contributed by atoms with E-state index >= 15 is 0 Å². The number of ether oxygens (including phenoxy) is 1. The SMILES string of the molecule is O=C1Nc2ccccc2[C@]12[C@H]([N+](=O)[O-])[C@@H](c1ccc(OCc3cccc4ccccc34)c(Br)c1)[C@H]1CCCN12. The molecule has 4 aromatic carbocycles. The summed E-state index contributed by atoms with van der Waals surface area (Å²) in [6.07, 6.45) is 1.71. The smallest absolute Gasteiger partial charge is 0.256 e. The molecule has 1 spiro atoms. The molecule has 0 bridgehead atoms. The van der Waals surface area contributed by atoms with Crippen LogP contribution in [0.15, 0.2) is 89.4 Å². The summed E-state index contributed by atoms with van der Waals surface area (Å²) >= 11 is 3.67. The minimum atomic E-state index is -1.32. The summed E-state index contributed by atoms with van der Waals surface area (Å²) in [5, 5.41) is 18.1. The van der Waals surface area contributed by atoms with Crippen molar-refractivity contribution in [3.05, 3.63) is 116 Å². The third-order valence-corrected chi connectivity index (χ3v) is 9.32. The van der Waals surface area contributed by atoms with Gasteiger partial charge in [0.15, 0.2) is 5.54 Å². The molecule has 4 atom stereocenters. The van der Waals surface area contributed by atoms with Crippen LogP contribution in [0, 0.1) is 10.1 Å². The highest BCUT2D eigenvalue weighted by Crippen LogP contribution is 2.58. The molecule has 3 aliphatic heterocycles. The van der Waals surface area contributed by atoms with Crippen molar-refractivity contribution in [1.82, 2.24) is 4.90 Å². The molecule has 1 amide bonds. The zero-order chi connectivity index (χ0) is 26.7. The summed E-state index contributed by atoms with van der Waals surface area (Å²) in [7, 11) is 0. The number of nitrogens with zero attached hydrogens (tertiary/aromatic N) is 2. The molecular weight excluding hydrogens is 558 g/mol. The van der Waals surface area contributed by atoms with E-state index in [-0.39, 0.29) is 16.9 Å². The number of para-hydroxylation sites is 1. The highest BCUT2D eigenvalue weighted by Gasteiger charge is 2.73. The van der Waals surface area contributed by atoms with Crippen molar-refractivity contribution in [3.8, 4) is 5.75 Å². The predicted octanol–water partition coefficient (Wildman–Crippen LogP) is 6.24. The Kier molecular flexibility index (Phi) is 5.72. The van der Waals surface area contributed by atoms with E-state index in [1.54, 1.807) is 0 Å². The number of carbonyl (C=O) groups excluding carboxylic acids is 1. The second kappa shape index (κ2) is 9.17. The summed E-state index contributed by atoms with van der Waals surface area (Å²) in [6.45, 7) is 1.05. The molecule has 3 aliphatic rings. The third kappa shape index (κ3) is 3.54. The number of amides is 1. The van der Waals surface area contributed by atoms with Gasteiger partial charge >= 0.3 is 0 Å². The molecule has 4 aromatic rings. The van der Waals surface area contributed by atoms with Gasteiger partial charge in [-0.2, -0.15) is 0 Å². The molecule has 7 rings (SSSR count). The third-order valence-electron chi connectivity index (χ3n) is 8.70. The first-order valence-corrected chi connectivity index (χ1v) is 14.0. The Morgan fingerprint density at radius 3 is 2.69 bits per heavy atom. The molecular formula is C31H26BrN3O4. The molecule has 3 heterocycles.